The van der Waals surface area contributed by atoms with Gasteiger partial charge in [-0.15, -0.1) is 12.4 Å². The molecule has 4 rings (SSSR count). The van der Waals surface area contributed by atoms with Crippen LogP contribution >= 0.6 is 24.0 Å². The lowest BCUT2D eigenvalue weighted by molar-refractivity contribution is -0.144. The van der Waals surface area contributed by atoms with E-state index in [0.717, 1.165) is 29.7 Å². The fourth-order valence-corrected chi connectivity index (χ4v) is 4.56. The number of piperidine rings is 1. The van der Waals surface area contributed by atoms with Gasteiger partial charge < -0.3 is 14.4 Å². The Balaban J connectivity index is 0.00000256. The van der Waals surface area contributed by atoms with Crippen molar-refractivity contribution in [3.8, 4) is 5.75 Å². The first-order valence-corrected chi connectivity index (χ1v) is 10.5. The molecule has 0 saturated carbocycles. The zero-order valence-electron chi connectivity index (χ0n) is 17.2. The molecule has 4 nitrogen and oxygen atoms in total. The van der Waals surface area contributed by atoms with Crippen LogP contribution in [0.15, 0.2) is 48.5 Å². The molecule has 2 saturated heterocycles. The molecule has 0 N–H and O–H groups in total. The monoisotopic (exact) mass is 447 g/mol. The van der Waals surface area contributed by atoms with Crippen molar-refractivity contribution in [3.05, 3.63) is 64.7 Å². The molecule has 2 bridgehead atoms. The molecule has 0 spiro atoms. The van der Waals surface area contributed by atoms with Crippen molar-refractivity contribution in [1.82, 2.24) is 4.90 Å². The third-order valence-corrected chi connectivity index (χ3v) is 6.38. The van der Waals surface area contributed by atoms with Gasteiger partial charge in [-0.25, -0.2) is 4.79 Å². The molecule has 1 unspecified atom stereocenters. The van der Waals surface area contributed by atoms with Gasteiger partial charge in [-0.3, -0.25) is 0 Å². The third kappa shape index (κ3) is 5.00. The summed E-state index contributed by atoms with van der Waals surface area (Å²) in [6.45, 7) is 0. The number of ether oxygens (including phenoxy) is 2. The van der Waals surface area contributed by atoms with Crippen LogP contribution in [0, 0.1) is 0 Å². The third-order valence-electron chi connectivity index (χ3n) is 6.13. The highest BCUT2D eigenvalue weighted by molar-refractivity contribution is 6.30. The van der Waals surface area contributed by atoms with Gasteiger partial charge in [0.05, 0.1) is 12.7 Å². The summed E-state index contributed by atoms with van der Waals surface area (Å²) in [7, 11) is 3.82. The second-order valence-electron chi connectivity index (χ2n) is 7.89. The normalized spacial score (nSPS) is 23.6. The summed E-state index contributed by atoms with van der Waals surface area (Å²) in [4.78, 5) is 15.6. The highest BCUT2D eigenvalue weighted by Crippen LogP contribution is 2.36. The number of carbonyl (C=O) groups is 1. The quantitative estimate of drug-likeness (QED) is 0.345. The lowest BCUT2D eigenvalue weighted by atomic mass is 9.99. The van der Waals surface area contributed by atoms with Crippen molar-refractivity contribution in [2.45, 2.75) is 43.9 Å². The Morgan fingerprint density at radius 2 is 1.63 bits per heavy atom. The van der Waals surface area contributed by atoms with Crippen LogP contribution in [-0.2, 0) is 9.53 Å². The summed E-state index contributed by atoms with van der Waals surface area (Å²) in [5.74, 6) is 0.497. The summed E-state index contributed by atoms with van der Waals surface area (Å²) in [5.41, 5.74) is 2.25. The SMILES string of the molecule is COc1ccc(/C=C(/C(=O)OC2C[C@H]3CC[C@@H](C2)N3C)c2ccc(Cl)cc2)cc1.Cl. The number of hydrogen-bond acceptors (Lipinski definition) is 4. The number of esters is 1. The Hall–Kier alpha value is -2.01. The molecule has 2 heterocycles. The average Bonchev–Trinajstić information content (AvgIpc) is 2.93. The molecule has 3 atom stereocenters. The molecule has 30 heavy (non-hydrogen) atoms. The summed E-state index contributed by atoms with van der Waals surface area (Å²) in [6.07, 6.45) is 6.06. The zero-order valence-corrected chi connectivity index (χ0v) is 18.8. The fraction of sp³-hybridized carbons (Fsp3) is 0.375. The second kappa shape index (κ2) is 9.86. The van der Waals surface area contributed by atoms with E-state index in [-0.39, 0.29) is 24.5 Å². The number of methoxy groups -OCH3 is 1. The average molecular weight is 448 g/mol. The predicted molar refractivity (Wildman–Crippen MR) is 123 cm³/mol. The topological polar surface area (TPSA) is 38.8 Å². The van der Waals surface area contributed by atoms with E-state index in [0.29, 0.717) is 22.7 Å². The van der Waals surface area contributed by atoms with E-state index in [1.807, 2.05) is 42.5 Å². The minimum atomic E-state index is -0.280. The molecule has 0 aromatic heterocycles. The first kappa shape index (κ1) is 22.7. The number of halogens is 2. The van der Waals surface area contributed by atoms with E-state index in [4.69, 9.17) is 21.1 Å². The standard InChI is InChI=1S/C24H26ClNO3.ClH/c1-26-19-9-10-20(26)15-22(14-19)29-24(27)23(17-5-7-18(25)8-6-17)13-16-3-11-21(28-2)12-4-16;/h3-8,11-13,19-20,22H,9-10,14-15H2,1-2H3;1H/b23-13+;/t19-,20+,22?;. The van der Waals surface area contributed by atoms with Crippen LogP contribution in [0.5, 0.6) is 5.75 Å². The van der Waals surface area contributed by atoms with Gasteiger partial charge in [0.2, 0.25) is 0 Å². The van der Waals surface area contributed by atoms with Crippen LogP contribution in [-0.4, -0.2) is 43.2 Å². The van der Waals surface area contributed by atoms with Gasteiger partial charge in [-0.1, -0.05) is 35.9 Å². The van der Waals surface area contributed by atoms with Crippen molar-refractivity contribution in [3.63, 3.8) is 0 Å². The highest BCUT2D eigenvalue weighted by Gasteiger charge is 2.40. The van der Waals surface area contributed by atoms with Crippen LogP contribution < -0.4 is 4.74 Å². The molecule has 2 fully saturated rings. The van der Waals surface area contributed by atoms with Crippen molar-refractivity contribution >= 4 is 41.6 Å². The molecule has 0 amide bonds. The van der Waals surface area contributed by atoms with Gasteiger partial charge in [0, 0.05) is 29.9 Å². The number of carbonyl (C=O) groups excluding carboxylic acids is 1. The van der Waals surface area contributed by atoms with E-state index in [2.05, 4.69) is 11.9 Å². The first-order chi connectivity index (χ1) is 14.0. The molecule has 2 aliphatic rings. The van der Waals surface area contributed by atoms with Crippen LogP contribution in [0.1, 0.15) is 36.8 Å². The van der Waals surface area contributed by atoms with E-state index >= 15 is 0 Å². The zero-order chi connectivity index (χ0) is 20.4. The van der Waals surface area contributed by atoms with Crippen molar-refractivity contribution < 1.29 is 14.3 Å². The first-order valence-electron chi connectivity index (χ1n) is 10.1. The summed E-state index contributed by atoms with van der Waals surface area (Å²) < 4.78 is 11.2. The van der Waals surface area contributed by atoms with Crippen LogP contribution in [0.25, 0.3) is 11.6 Å². The number of benzene rings is 2. The van der Waals surface area contributed by atoms with Crippen molar-refractivity contribution in [2.75, 3.05) is 14.2 Å². The smallest absolute Gasteiger partial charge is 0.339 e. The highest BCUT2D eigenvalue weighted by atomic mass is 35.5. The summed E-state index contributed by atoms with van der Waals surface area (Å²) in [6, 6.07) is 16.0. The Labute approximate surface area is 189 Å². The lowest BCUT2D eigenvalue weighted by Crippen LogP contribution is -2.43. The maximum absolute atomic E-state index is 13.2. The number of nitrogens with zero attached hydrogens (tertiary/aromatic N) is 1. The van der Waals surface area contributed by atoms with Crippen LogP contribution in [0.4, 0.5) is 0 Å². The second-order valence-corrected chi connectivity index (χ2v) is 8.32. The molecular formula is C24H27Cl2NO3. The molecular weight excluding hydrogens is 421 g/mol. The van der Waals surface area contributed by atoms with Gasteiger partial charge in [0.25, 0.3) is 0 Å². The number of hydrogen-bond donors (Lipinski definition) is 0. The lowest BCUT2D eigenvalue weighted by Gasteiger charge is -2.35. The van der Waals surface area contributed by atoms with Crippen molar-refractivity contribution in [2.24, 2.45) is 0 Å². The molecule has 2 aromatic rings. The number of rotatable bonds is 5. The maximum Gasteiger partial charge on any atom is 0.339 e. The van der Waals surface area contributed by atoms with Gasteiger partial charge in [0.1, 0.15) is 11.9 Å². The molecule has 160 valence electrons. The Morgan fingerprint density at radius 3 is 2.20 bits per heavy atom. The molecule has 2 aromatic carbocycles. The largest absolute Gasteiger partial charge is 0.497 e. The minimum absolute atomic E-state index is 0. The van der Waals surface area contributed by atoms with Gasteiger partial charge in [0.15, 0.2) is 0 Å². The maximum atomic E-state index is 13.2. The minimum Gasteiger partial charge on any atom is -0.497 e. The number of fused-ring (bicyclic) bond motifs is 2. The molecule has 2 aliphatic heterocycles. The van der Waals surface area contributed by atoms with Crippen LogP contribution in [0.3, 0.4) is 0 Å². The molecule has 6 heteroatoms. The van der Waals surface area contributed by atoms with E-state index in [1.54, 1.807) is 19.2 Å². The van der Waals surface area contributed by atoms with E-state index in [9.17, 15) is 4.79 Å². The molecule has 0 radical (unpaired) electrons. The Bertz CT molecular complexity index is 882. The Kier molecular flexibility index (Phi) is 7.45. The fourth-order valence-electron chi connectivity index (χ4n) is 4.43. The molecule has 0 aliphatic carbocycles. The van der Waals surface area contributed by atoms with Gasteiger partial charge >= 0.3 is 5.97 Å². The van der Waals surface area contributed by atoms with E-state index in [1.165, 1.54) is 12.8 Å². The van der Waals surface area contributed by atoms with Crippen molar-refractivity contribution in [1.29, 1.82) is 0 Å². The van der Waals surface area contributed by atoms with E-state index < -0.39 is 0 Å². The predicted octanol–water partition coefficient (Wildman–Crippen LogP) is 5.48. The summed E-state index contributed by atoms with van der Waals surface area (Å²) in [5, 5.41) is 0.637. The van der Waals surface area contributed by atoms with Crippen LogP contribution in [0.2, 0.25) is 5.02 Å². The Morgan fingerprint density at radius 1 is 1.03 bits per heavy atom. The van der Waals surface area contributed by atoms with Gasteiger partial charge in [-0.05, 0) is 61.4 Å². The summed E-state index contributed by atoms with van der Waals surface area (Å²) >= 11 is 6.04. The van der Waals surface area contributed by atoms with Gasteiger partial charge in [-0.2, -0.15) is 0 Å².